The highest BCUT2D eigenvalue weighted by atomic mass is 79.9. The van der Waals surface area contributed by atoms with Gasteiger partial charge in [-0.3, -0.25) is 0 Å². The summed E-state index contributed by atoms with van der Waals surface area (Å²) in [7, 11) is 1.61. The molecule has 0 saturated carbocycles. The van der Waals surface area contributed by atoms with Crippen LogP contribution in [0, 0.1) is 0 Å². The third-order valence-corrected chi connectivity index (χ3v) is 4.15. The van der Waals surface area contributed by atoms with E-state index in [4.69, 9.17) is 4.74 Å². The van der Waals surface area contributed by atoms with Crippen molar-refractivity contribution in [1.82, 2.24) is 4.98 Å². The van der Waals surface area contributed by atoms with Crippen LogP contribution < -0.4 is 10.1 Å². The molecule has 0 saturated heterocycles. The predicted molar refractivity (Wildman–Crippen MR) is 87.7 cm³/mol. The predicted octanol–water partition coefficient (Wildman–Crippen LogP) is 4.99. The van der Waals surface area contributed by atoms with Crippen LogP contribution in [0.3, 0.4) is 0 Å². The molecule has 0 amide bonds. The minimum atomic E-state index is 0.619. The molecule has 0 fully saturated rings. The highest BCUT2D eigenvalue weighted by Gasteiger charge is 2.07. The average Bonchev–Trinajstić information content (AvgIpc) is 2.37. The molecular weight excluding hydrogens is 440 g/mol. The van der Waals surface area contributed by atoms with Gasteiger partial charge >= 0.3 is 0 Å². The Hall–Kier alpha value is -0.590. The Kier molecular flexibility index (Phi) is 5.24. The summed E-state index contributed by atoms with van der Waals surface area (Å²) in [4.78, 5) is 4.36. The van der Waals surface area contributed by atoms with Crippen molar-refractivity contribution in [2.45, 2.75) is 6.54 Å². The fourth-order valence-corrected chi connectivity index (χ4v) is 4.10. The van der Waals surface area contributed by atoms with Crippen LogP contribution in [0.5, 0.6) is 5.88 Å². The second-order valence-electron chi connectivity index (χ2n) is 3.77. The fraction of sp³-hybridized carbons (Fsp3) is 0.154. The van der Waals surface area contributed by atoms with E-state index in [2.05, 4.69) is 58.1 Å². The van der Waals surface area contributed by atoms with Gasteiger partial charge in [0.25, 0.3) is 0 Å². The number of hydrogen-bond acceptors (Lipinski definition) is 3. The topological polar surface area (TPSA) is 34.1 Å². The van der Waals surface area contributed by atoms with Gasteiger partial charge in [0, 0.05) is 19.5 Å². The summed E-state index contributed by atoms with van der Waals surface area (Å²) < 4.78 is 8.08. The number of aromatic nitrogens is 1. The Morgan fingerprint density at radius 1 is 1.16 bits per heavy atom. The maximum Gasteiger partial charge on any atom is 0.213 e. The Bertz CT molecular complexity index is 567. The Balaban J connectivity index is 2.14. The zero-order valence-electron chi connectivity index (χ0n) is 10.1. The van der Waals surface area contributed by atoms with Crippen molar-refractivity contribution in [3.63, 3.8) is 0 Å². The SMILES string of the molecule is COc1cccc(CNc2c(Br)cc(Br)cc2Br)n1. The smallest absolute Gasteiger partial charge is 0.213 e. The highest BCUT2D eigenvalue weighted by Crippen LogP contribution is 2.34. The van der Waals surface area contributed by atoms with Crippen molar-refractivity contribution in [2.24, 2.45) is 0 Å². The zero-order chi connectivity index (χ0) is 13.8. The van der Waals surface area contributed by atoms with Crippen LogP contribution >= 0.6 is 47.8 Å². The molecule has 0 aliphatic rings. The lowest BCUT2D eigenvalue weighted by molar-refractivity contribution is 0.396. The van der Waals surface area contributed by atoms with Crippen molar-refractivity contribution in [3.8, 4) is 5.88 Å². The number of methoxy groups -OCH3 is 1. The van der Waals surface area contributed by atoms with Crippen molar-refractivity contribution in [3.05, 3.63) is 49.4 Å². The summed E-state index contributed by atoms with van der Waals surface area (Å²) in [5, 5.41) is 3.34. The summed E-state index contributed by atoms with van der Waals surface area (Å²) >= 11 is 10.5. The molecule has 1 aromatic carbocycles. The maximum atomic E-state index is 5.11. The van der Waals surface area contributed by atoms with E-state index in [0.29, 0.717) is 12.4 Å². The molecule has 100 valence electrons. The molecule has 0 atom stereocenters. The summed E-state index contributed by atoms with van der Waals surface area (Å²) in [6.45, 7) is 0.621. The first kappa shape index (κ1) is 14.8. The average molecular weight is 451 g/mol. The number of nitrogens with zero attached hydrogens (tertiary/aromatic N) is 1. The first-order valence-electron chi connectivity index (χ1n) is 5.48. The van der Waals surface area contributed by atoms with E-state index in [9.17, 15) is 0 Å². The molecule has 2 rings (SSSR count). The Labute approximate surface area is 137 Å². The molecule has 1 N–H and O–H groups in total. The van der Waals surface area contributed by atoms with Gasteiger partial charge in [0.1, 0.15) is 0 Å². The van der Waals surface area contributed by atoms with Crippen molar-refractivity contribution in [1.29, 1.82) is 0 Å². The van der Waals surface area contributed by atoms with E-state index in [1.807, 2.05) is 30.3 Å². The van der Waals surface area contributed by atoms with Crippen LogP contribution in [-0.2, 0) is 6.54 Å². The van der Waals surface area contributed by atoms with E-state index in [0.717, 1.165) is 24.8 Å². The first-order valence-corrected chi connectivity index (χ1v) is 7.86. The van der Waals surface area contributed by atoms with Crippen LogP contribution in [0.1, 0.15) is 5.69 Å². The minimum absolute atomic E-state index is 0.619. The highest BCUT2D eigenvalue weighted by molar-refractivity contribution is 9.11. The molecule has 1 heterocycles. The standard InChI is InChI=1S/C13H11Br3N2O/c1-19-12-4-2-3-9(18-12)7-17-13-10(15)5-8(14)6-11(13)16/h2-6,17H,7H2,1H3. The lowest BCUT2D eigenvalue weighted by Gasteiger charge is -2.11. The van der Waals surface area contributed by atoms with Crippen LogP contribution in [0.4, 0.5) is 5.69 Å². The molecular formula is C13H11Br3N2O. The number of halogens is 3. The van der Waals surface area contributed by atoms with Gasteiger partial charge < -0.3 is 10.1 Å². The Morgan fingerprint density at radius 2 is 1.84 bits per heavy atom. The van der Waals surface area contributed by atoms with E-state index in [-0.39, 0.29) is 0 Å². The molecule has 0 spiro atoms. The van der Waals surface area contributed by atoms with Crippen LogP contribution in [0.2, 0.25) is 0 Å². The molecule has 0 aliphatic heterocycles. The molecule has 6 heteroatoms. The largest absolute Gasteiger partial charge is 0.481 e. The van der Waals surface area contributed by atoms with Gasteiger partial charge in [0.05, 0.1) is 25.0 Å². The van der Waals surface area contributed by atoms with Crippen LogP contribution in [0.15, 0.2) is 43.7 Å². The third-order valence-electron chi connectivity index (χ3n) is 2.44. The molecule has 3 nitrogen and oxygen atoms in total. The molecule has 0 unspecified atom stereocenters. The quantitative estimate of drug-likeness (QED) is 0.712. The van der Waals surface area contributed by atoms with Crippen LogP contribution in [-0.4, -0.2) is 12.1 Å². The number of rotatable bonds is 4. The van der Waals surface area contributed by atoms with Gasteiger partial charge in [-0.2, -0.15) is 0 Å². The Morgan fingerprint density at radius 3 is 2.47 bits per heavy atom. The lowest BCUT2D eigenvalue weighted by atomic mass is 10.3. The zero-order valence-corrected chi connectivity index (χ0v) is 14.8. The van der Waals surface area contributed by atoms with Gasteiger partial charge in [-0.05, 0) is 50.1 Å². The van der Waals surface area contributed by atoms with Gasteiger partial charge in [-0.15, -0.1) is 0 Å². The van der Waals surface area contributed by atoms with Gasteiger partial charge in [-0.1, -0.05) is 22.0 Å². The number of nitrogens with one attached hydrogen (secondary N) is 1. The van der Waals surface area contributed by atoms with E-state index in [1.165, 1.54) is 0 Å². The molecule has 0 aliphatic carbocycles. The lowest BCUT2D eigenvalue weighted by Crippen LogP contribution is -2.03. The van der Waals surface area contributed by atoms with E-state index >= 15 is 0 Å². The molecule has 1 aromatic heterocycles. The fourth-order valence-electron chi connectivity index (χ4n) is 1.56. The summed E-state index contributed by atoms with van der Waals surface area (Å²) in [5.41, 5.74) is 1.91. The number of pyridine rings is 1. The number of hydrogen-bond donors (Lipinski definition) is 1. The summed E-state index contributed by atoms with van der Waals surface area (Å²) in [6, 6.07) is 9.69. The summed E-state index contributed by atoms with van der Waals surface area (Å²) in [5.74, 6) is 0.619. The second-order valence-corrected chi connectivity index (χ2v) is 6.39. The normalized spacial score (nSPS) is 10.3. The minimum Gasteiger partial charge on any atom is -0.481 e. The number of ether oxygens (including phenoxy) is 1. The van der Waals surface area contributed by atoms with Crippen molar-refractivity contribution in [2.75, 3.05) is 12.4 Å². The second kappa shape index (κ2) is 6.72. The molecule has 0 bridgehead atoms. The van der Waals surface area contributed by atoms with Gasteiger partial charge in [0.2, 0.25) is 5.88 Å². The molecule has 19 heavy (non-hydrogen) atoms. The van der Waals surface area contributed by atoms with Crippen LogP contribution in [0.25, 0.3) is 0 Å². The van der Waals surface area contributed by atoms with E-state index in [1.54, 1.807) is 7.11 Å². The maximum absolute atomic E-state index is 5.11. The van der Waals surface area contributed by atoms with Gasteiger partial charge in [-0.25, -0.2) is 4.98 Å². The number of anilines is 1. The molecule has 0 radical (unpaired) electrons. The summed E-state index contributed by atoms with van der Waals surface area (Å²) in [6.07, 6.45) is 0. The van der Waals surface area contributed by atoms with Crippen molar-refractivity contribution < 1.29 is 4.74 Å². The third kappa shape index (κ3) is 3.94. The number of benzene rings is 1. The van der Waals surface area contributed by atoms with Gasteiger partial charge in [0.15, 0.2) is 0 Å². The van der Waals surface area contributed by atoms with E-state index < -0.39 is 0 Å². The first-order chi connectivity index (χ1) is 9.10. The molecule has 2 aromatic rings. The van der Waals surface area contributed by atoms with Crippen molar-refractivity contribution >= 4 is 53.5 Å². The monoisotopic (exact) mass is 448 g/mol.